The topological polar surface area (TPSA) is 166 Å². The summed E-state index contributed by atoms with van der Waals surface area (Å²) in [5.41, 5.74) is 0.893. The van der Waals surface area contributed by atoms with Crippen LogP contribution >= 0.6 is 0 Å². The zero-order chi connectivity index (χ0) is 32.4. The van der Waals surface area contributed by atoms with E-state index in [1.54, 1.807) is 37.3 Å². The molecular formula is C30H32N6O8S. The monoisotopic (exact) mass is 636 g/mol. The molecule has 0 aliphatic rings. The van der Waals surface area contributed by atoms with Crippen LogP contribution in [0.1, 0.15) is 31.2 Å². The van der Waals surface area contributed by atoms with Crippen LogP contribution < -0.4 is 33.1 Å². The molecule has 3 aromatic heterocycles. The van der Waals surface area contributed by atoms with Gasteiger partial charge in [-0.2, -0.15) is 23.4 Å². The minimum absolute atomic E-state index is 0.0191. The van der Waals surface area contributed by atoms with Gasteiger partial charge in [-0.1, -0.05) is 43.9 Å². The fraction of sp³-hybridized carbons (Fsp3) is 0.300. The zero-order valence-electron chi connectivity index (χ0n) is 25.5. The van der Waals surface area contributed by atoms with Crippen molar-refractivity contribution in [2.75, 3.05) is 39.3 Å². The molecule has 3 heterocycles. The minimum atomic E-state index is -4.18. The Morgan fingerprint density at radius 1 is 0.844 bits per heavy atom. The van der Waals surface area contributed by atoms with E-state index < -0.39 is 10.0 Å². The second-order valence-corrected chi connectivity index (χ2v) is 11.0. The average Bonchev–Trinajstić information content (AvgIpc) is 3.03. The van der Waals surface area contributed by atoms with E-state index in [0.717, 1.165) is 5.56 Å². The van der Waals surface area contributed by atoms with Gasteiger partial charge in [0.05, 0.1) is 27.4 Å². The molecule has 0 fully saturated rings. The number of aromatic nitrogens is 5. The van der Waals surface area contributed by atoms with Crippen molar-refractivity contribution in [1.29, 1.82) is 0 Å². The number of rotatable bonds is 13. The number of ether oxygens (including phenoxy) is 6. The number of pyridine rings is 1. The summed E-state index contributed by atoms with van der Waals surface area (Å²) in [5, 5.41) is -0.197. The smallest absolute Gasteiger partial charge is 0.324 e. The molecule has 4 rings (SSSR count). The Hall–Kier alpha value is -5.36. The number of nitrogens with one attached hydrogen (secondary N) is 1. The highest BCUT2D eigenvalue weighted by Crippen LogP contribution is 2.40. The van der Waals surface area contributed by atoms with Crippen LogP contribution in [-0.2, 0) is 10.0 Å². The van der Waals surface area contributed by atoms with Crippen molar-refractivity contribution < 1.29 is 36.8 Å². The number of hydrogen-bond donors (Lipinski definition) is 1. The van der Waals surface area contributed by atoms with Crippen LogP contribution in [0.15, 0.2) is 53.7 Å². The first kappa shape index (κ1) is 32.6. The molecule has 0 aliphatic heterocycles. The van der Waals surface area contributed by atoms with E-state index >= 15 is 0 Å². The highest BCUT2D eigenvalue weighted by atomic mass is 32.2. The van der Waals surface area contributed by atoms with E-state index in [1.807, 2.05) is 13.8 Å². The second kappa shape index (κ2) is 14.9. The van der Waals surface area contributed by atoms with Crippen LogP contribution in [-0.4, -0.2) is 67.9 Å². The van der Waals surface area contributed by atoms with E-state index in [4.69, 9.17) is 28.4 Å². The Bertz CT molecular complexity index is 1770. The van der Waals surface area contributed by atoms with Crippen LogP contribution in [0.25, 0.3) is 0 Å². The van der Waals surface area contributed by atoms with E-state index in [-0.39, 0.29) is 70.9 Å². The number of hydrogen-bond acceptors (Lipinski definition) is 13. The van der Waals surface area contributed by atoms with Gasteiger partial charge in [-0.3, -0.25) is 4.72 Å². The number of para-hydroxylation sites is 2. The van der Waals surface area contributed by atoms with Gasteiger partial charge in [0.1, 0.15) is 5.82 Å². The first-order chi connectivity index (χ1) is 21.6. The third kappa shape index (κ3) is 8.61. The fourth-order valence-electron chi connectivity index (χ4n) is 3.64. The van der Waals surface area contributed by atoms with Crippen LogP contribution in [0.4, 0.5) is 5.82 Å². The Morgan fingerprint density at radius 2 is 1.51 bits per heavy atom. The lowest BCUT2D eigenvalue weighted by Gasteiger charge is -2.17. The predicted molar refractivity (Wildman–Crippen MR) is 163 cm³/mol. The van der Waals surface area contributed by atoms with Crippen molar-refractivity contribution in [2.45, 2.75) is 31.7 Å². The SMILES string of the molecule is COc1cc(OC)nc(OCC#CCOc2nc(C)nc(NS(=O)(=O)c3ccc(C(C)C)cn3)c2Oc2ccccc2OC)n1. The molecule has 0 aliphatic carbocycles. The molecule has 15 heteroatoms. The molecule has 0 bridgehead atoms. The van der Waals surface area contributed by atoms with Gasteiger partial charge in [-0.25, -0.2) is 9.97 Å². The molecule has 45 heavy (non-hydrogen) atoms. The van der Waals surface area contributed by atoms with Crippen LogP contribution in [0.2, 0.25) is 0 Å². The van der Waals surface area contributed by atoms with Crippen LogP contribution in [0.3, 0.4) is 0 Å². The molecular weight excluding hydrogens is 604 g/mol. The number of benzene rings is 1. The van der Waals surface area contributed by atoms with Crippen molar-refractivity contribution in [2.24, 2.45) is 0 Å². The van der Waals surface area contributed by atoms with Gasteiger partial charge in [0, 0.05) is 6.20 Å². The summed E-state index contributed by atoms with van der Waals surface area (Å²) in [6, 6.07) is 11.5. The van der Waals surface area contributed by atoms with Gasteiger partial charge in [-0.15, -0.1) is 0 Å². The van der Waals surface area contributed by atoms with Gasteiger partial charge < -0.3 is 28.4 Å². The summed E-state index contributed by atoms with van der Waals surface area (Å²) in [6.45, 7) is 5.32. The largest absolute Gasteiger partial charge is 0.493 e. The number of methoxy groups -OCH3 is 3. The second-order valence-electron chi connectivity index (χ2n) is 9.36. The molecule has 14 nitrogen and oxygen atoms in total. The molecule has 0 unspecified atom stereocenters. The Kier molecular flexibility index (Phi) is 10.8. The van der Waals surface area contributed by atoms with Gasteiger partial charge in [0.15, 0.2) is 35.6 Å². The number of anilines is 1. The maximum Gasteiger partial charge on any atom is 0.324 e. The molecule has 0 radical (unpaired) electrons. The number of aryl methyl sites for hydroxylation is 1. The summed E-state index contributed by atoms with van der Waals surface area (Å²) >= 11 is 0. The lowest BCUT2D eigenvalue weighted by Crippen LogP contribution is -2.17. The molecule has 0 amide bonds. The maximum atomic E-state index is 13.3. The minimum Gasteiger partial charge on any atom is -0.493 e. The Morgan fingerprint density at radius 3 is 2.11 bits per heavy atom. The Balaban J connectivity index is 1.59. The molecule has 1 N–H and O–H groups in total. The van der Waals surface area contributed by atoms with E-state index in [9.17, 15) is 8.42 Å². The quantitative estimate of drug-likeness (QED) is 0.208. The number of sulfonamides is 1. The van der Waals surface area contributed by atoms with Crippen molar-refractivity contribution in [3.8, 4) is 52.7 Å². The summed E-state index contributed by atoms with van der Waals surface area (Å²) in [7, 11) is 0.215. The van der Waals surface area contributed by atoms with Crippen LogP contribution in [0, 0.1) is 18.8 Å². The first-order valence-electron chi connectivity index (χ1n) is 13.5. The van der Waals surface area contributed by atoms with Gasteiger partial charge in [-0.05, 0) is 36.6 Å². The Labute approximate surface area is 261 Å². The van der Waals surface area contributed by atoms with Crippen molar-refractivity contribution in [3.63, 3.8) is 0 Å². The highest BCUT2D eigenvalue weighted by molar-refractivity contribution is 7.92. The fourth-order valence-corrected chi connectivity index (χ4v) is 4.58. The summed E-state index contributed by atoms with van der Waals surface area (Å²) in [4.78, 5) is 20.9. The molecule has 0 atom stereocenters. The van der Waals surface area contributed by atoms with Crippen molar-refractivity contribution in [1.82, 2.24) is 24.9 Å². The molecule has 1 aromatic carbocycles. The van der Waals surface area contributed by atoms with E-state index in [2.05, 4.69) is 41.5 Å². The summed E-state index contributed by atoms with van der Waals surface area (Å²) in [6.07, 6.45) is 1.52. The third-order valence-electron chi connectivity index (χ3n) is 5.92. The third-order valence-corrected chi connectivity index (χ3v) is 7.17. The van der Waals surface area contributed by atoms with Gasteiger partial charge in [0.2, 0.25) is 17.5 Å². The molecule has 0 saturated carbocycles. The van der Waals surface area contributed by atoms with E-state index in [1.165, 1.54) is 39.7 Å². The molecule has 4 aromatic rings. The maximum absolute atomic E-state index is 13.3. The standard InChI is InChI=1S/C30H32N6O8S/c1-19(2)21-13-14-26(31-18-21)45(37,38)36-28-27(44-23-12-8-7-11-22(23)39-4)29(33-20(3)32-28)42-15-9-10-16-43-30-34-24(40-5)17-25(35-30)41-6/h7-8,11-14,17-19H,15-16H2,1-6H3,(H,32,33,36). The highest BCUT2D eigenvalue weighted by Gasteiger charge is 2.25. The predicted octanol–water partition coefficient (Wildman–Crippen LogP) is 4.17. The average molecular weight is 637 g/mol. The van der Waals surface area contributed by atoms with Crippen molar-refractivity contribution >= 4 is 15.8 Å². The first-order valence-corrected chi connectivity index (χ1v) is 15.0. The van der Waals surface area contributed by atoms with Gasteiger partial charge >= 0.3 is 6.01 Å². The molecule has 0 saturated heterocycles. The molecule has 0 spiro atoms. The normalized spacial score (nSPS) is 10.8. The number of nitrogens with zero attached hydrogens (tertiary/aromatic N) is 5. The lowest BCUT2D eigenvalue weighted by molar-refractivity contribution is 0.307. The van der Waals surface area contributed by atoms with Crippen LogP contribution in [0.5, 0.6) is 40.9 Å². The van der Waals surface area contributed by atoms with E-state index in [0.29, 0.717) is 5.75 Å². The van der Waals surface area contributed by atoms with Gasteiger partial charge in [0.25, 0.3) is 15.9 Å². The van der Waals surface area contributed by atoms with Crippen molar-refractivity contribution in [3.05, 3.63) is 60.0 Å². The molecule has 236 valence electrons. The summed E-state index contributed by atoms with van der Waals surface area (Å²) < 4.78 is 62.1. The zero-order valence-corrected chi connectivity index (χ0v) is 26.3. The lowest BCUT2D eigenvalue weighted by atomic mass is 10.1. The summed E-state index contributed by atoms with van der Waals surface area (Å²) in [5.74, 6) is 6.82.